The van der Waals surface area contributed by atoms with E-state index in [2.05, 4.69) is 133 Å². The van der Waals surface area contributed by atoms with Gasteiger partial charge in [-0.15, -0.1) is 9.36 Å². The molecule has 0 fully saturated rings. The Bertz CT molecular complexity index is 2350. The Morgan fingerprint density at radius 3 is 1.91 bits per heavy atom. The number of fused-ring (bicyclic) bond motifs is 2. The van der Waals surface area contributed by atoms with Crippen LogP contribution in [-0.4, -0.2) is 19.9 Å². The Morgan fingerprint density at radius 1 is 0.511 bits per heavy atom. The van der Waals surface area contributed by atoms with Crippen LogP contribution in [0, 0.1) is 0 Å². The van der Waals surface area contributed by atoms with Crippen molar-refractivity contribution in [3.8, 4) is 56.2 Å². The molecule has 0 radical (unpaired) electrons. The van der Waals surface area contributed by atoms with Crippen LogP contribution >= 0.6 is 0 Å². The predicted molar refractivity (Wildman–Crippen MR) is 182 cm³/mol. The van der Waals surface area contributed by atoms with E-state index in [0.717, 1.165) is 55.8 Å². The SMILES string of the molecule is Cn1n[n+](C)c2cc(-c3cccc(-c4cc(-c5cccc(-c6cccc7ccccc67)c5)nc(-c5ccccc5)n4)c3)ccc21. The molecule has 5 nitrogen and oxygen atoms in total. The van der Waals surface area contributed by atoms with Crippen LogP contribution in [0.1, 0.15) is 0 Å². The second kappa shape index (κ2) is 11.0. The zero-order chi connectivity index (χ0) is 30.3. The van der Waals surface area contributed by atoms with Crippen molar-refractivity contribution in [1.29, 1.82) is 0 Å². The van der Waals surface area contributed by atoms with Gasteiger partial charge in [-0.05, 0) is 69.4 Å². The molecule has 0 N–H and O–H groups in total. The summed E-state index contributed by atoms with van der Waals surface area (Å²) in [4.78, 5) is 10.2. The fraction of sp³-hybridized carbons (Fsp3) is 0.0500. The number of aromatic nitrogens is 5. The van der Waals surface area contributed by atoms with Crippen molar-refractivity contribution in [2.75, 3.05) is 0 Å². The van der Waals surface area contributed by atoms with E-state index >= 15 is 0 Å². The molecule has 6 aromatic carbocycles. The maximum absolute atomic E-state index is 5.10. The monoisotopic (exact) mass is 580 g/mol. The Morgan fingerprint density at radius 2 is 1.11 bits per heavy atom. The van der Waals surface area contributed by atoms with E-state index in [1.165, 1.54) is 16.3 Å². The molecule has 45 heavy (non-hydrogen) atoms. The largest absolute Gasteiger partial charge is 0.228 e. The van der Waals surface area contributed by atoms with Gasteiger partial charge in [0.15, 0.2) is 16.9 Å². The standard InChI is InChI=1S/C40H30N5/c1-44-38-22-21-30(25-39(38)45(2)43-44)29-15-8-17-32(23-29)36-26-37(42-40(41-36)28-12-4-3-5-13-28)33-18-9-16-31(24-33)35-20-10-14-27-11-6-7-19-34(27)35/h3-26H,1-2H3/q+1. The third kappa shape index (κ3) is 4.94. The molecule has 8 rings (SSSR count). The highest BCUT2D eigenvalue weighted by atomic mass is 15.5. The van der Waals surface area contributed by atoms with Crippen molar-refractivity contribution < 1.29 is 4.68 Å². The molecule has 0 aliphatic rings. The van der Waals surface area contributed by atoms with Crippen LogP contribution in [0.3, 0.4) is 0 Å². The zero-order valence-electron chi connectivity index (χ0n) is 25.1. The molecule has 0 atom stereocenters. The molecule has 0 amide bonds. The highest BCUT2D eigenvalue weighted by Gasteiger charge is 2.15. The molecule has 0 aliphatic carbocycles. The number of hydrogen-bond acceptors (Lipinski definition) is 3. The lowest BCUT2D eigenvalue weighted by Crippen LogP contribution is -2.31. The second-order valence-electron chi connectivity index (χ2n) is 11.4. The van der Waals surface area contributed by atoms with Crippen molar-refractivity contribution in [2.24, 2.45) is 14.1 Å². The van der Waals surface area contributed by atoms with Crippen molar-refractivity contribution in [3.63, 3.8) is 0 Å². The first-order valence-electron chi connectivity index (χ1n) is 15.1. The Labute approximate surface area is 261 Å². The van der Waals surface area contributed by atoms with Gasteiger partial charge in [0.25, 0.3) is 0 Å². The molecule has 0 saturated heterocycles. The summed E-state index contributed by atoms with van der Waals surface area (Å²) < 4.78 is 3.82. The highest BCUT2D eigenvalue weighted by molar-refractivity contribution is 5.97. The minimum Gasteiger partial charge on any atom is -0.228 e. The summed E-state index contributed by atoms with van der Waals surface area (Å²) in [6, 6.07) is 51.1. The summed E-state index contributed by atoms with van der Waals surface area (Å²) in [7, 11) is 3.95. The number of hydrogen-bond donors (Lipinski definition) is 0. The van der Waals surface area contributed by atoms with Crippen LogP contribution in [0.15, 0.2) is 146 Å². The fourth-order valence-corrected chi connectivity index (χ4v) is 6.17. The summed E-state index contributed by atoms with van der Waals surface area (Å²) in [5, 5.41) is 6.99. The van der Waals surface area contributed by atoms with Gasteiger partial charge in [0.2, 0.25) is 0 Å². The molecule has 0 spiro atoms. The lowest BCUT2D eigenvalue weighted by molar-refractivity contribution is -0.708. The number of rotatable bonds is 5. The normalized spacial score (nSPS) is 11.3. The van der Waals surface area contributed by atoms with E-state index in [9.17, 15) is 0 Å². The zero-order valence-corrected chi connectivity index (χ0v) is 25.1. The predicted octanol–water partition coefficient (Wildman–Crippen LogP) is 8.68. The van der Waals surface area contributed by atoms with E-state index in [1.54, 1.807) is 0 Å². The Hall–Kier alpha value is -5.94. The van der Waals surface area contributed by atoms with Gasteiger partial charge in [-0.1, -0.05) is 109 Å². The molecule has 0 saturated carbocycles. The summed E-state index contributed by atoms with van der Waals surface area (Å²) >= 11 is 0. The third-order valence-corrected chi connectivity index (χ3v) is 8.45. The molecule has 0 bridgehead atoms. The van der Waals surface area contributed by atoms with Crippen molar-refractivity contribution in [3.05, 3.63) is 146 Å². The van der Waals surface area contributed by atoms with Crippen LogP contribution in [0.2, 0.25) is 0 Å². The van der Waals surface area contributed by atoms with Gasteiger partial charge in [-0.3, -0.25) is 0 Å². The first-order chi connectivity index (χ1) is 22.1. The molecule has 214 valence electrons. The van der Waals surface area contributed by atoms with Gasteiger partial charge in [-0.25, -0.2) is 9.97 Å². The minimum atomic E-state index is 0.702. The van der Waals surface area contributed by atoms with Gasteiger partial charge >= 0.3 is 0 Å². The first-order valence-corrected chi connectivity index (χ1v) is 15.1. The molecule has 0 unspecified atom stereocenters. The fourth-order valence-electron chi connectivity index (χ4n) is 6.17. The molecular formula is C40H30N5+. The van der Waals surface area contributed by atoms with Gasteiger partial charge < -0.3 is 0 Å². The van der Waals surface area contributed by atoms with E-state index in [1.807, 2.05) is 41.7 Å². The van der Waals surface area contributed by atoms with Crippen LogP contribution in [-0.2, 0) is 14.1 Å². The van der Waals surface area contributed by atoms with Crippen molar-refractivity contribution in [2.45, 2.75) is 0 Å². The summed E-state index contributed by atoms with van der Waals surface area (Å²) in [6.45, 7) is 0. The average molecular weight is 581 g/mol. The highest BCUT2D eigenvalue weighted by Crippen LogP contribution is 2.34. The van der Waals surface area contributed by atoms with Gasteiger partial charge in [0.1, 0.15) is 14.1 Å². The van der Waals surface area contributed by atoms with Crippen LogP contribution < -0.4 is 4.68 Å². The quantitative estimate of drug-likeness (QED) is 0.191. The average Bonchev–Trinajstić information content (AvgIpc) is 3.40. The molecule has 2 heterocycles. The van der Waals surface area contributed by atoms with Crippen LogP contribution in [0.5, 0.6) is 0 Å². The maximum atomic E-state index is 5.10. The second-order valence-corrected chi connectivity index (χ2v) is 11.4. The number of benzene rings is 6. The van der Waals surface area contributed by atoms with Crippen LogP contribution in [0.4, 0.5) is 0 Å². The van der Waals surface area contributed by atoms with Gasteiger partial charge in [-0.2, -0.15) is 0 Å². The number of nitrogens with zero attached hydrogens (tertiary/aromatic N) is 5. The molecule has 8 aromatic rings. The summed E-state index contributed by atoms with van der Waals surface area (Å²) in [5.74, 6) is 0.702. The molecule has 2 aromatic heterocycles. The maximum Gasteiger partial charge on any atom is 0.198 e. The summed E-state index contributed by atoms with van der Waals surface area (Å²) in [5.41, 5.74) is 11.6. The van der Waals surface area contributed by atoms with Gasteiger partial charge in [0, 0.05) is 16.7 Å². The van der Waals surface area contributed by atoms with E-state index in [0.29, 0.717) is 5.82 Å². The lowest BCUT2D eigenvalue weighted by atomic mass is 9.96. The topological polar surface area (TPSA) is 47.5 Å². The van der Waals surface area contributed by atoms with E-state index in [-0.39, 0.29) is 0 Å². The van der Waals surface area contributed by atoms with Gasteiger partial charge in [0.05, 0.1) is 16.6 Å². The molecule has 0 aliphatic heterocycles. The molecular weight excluding hydrogens is 550 g/mol. The van der Waals surface area contributed by atoms with Crippen LogP contribution in [0.25, 0.3) is 78.0 Å². The minimum absolute atomic E-state index is 0.702. The molecule has 5 heteroatoms. The summed E-state index contributed by atoms with van der Waals surface area (Å²) in [6.07, 6.45) is 0. The lowest BCUT2D eigenvalue weighted by Gasteiger charge is -2.12. The van der Waals surface area contributed by atoms with Crippen molar-refractivity contribution >= 4 is 21.8 Å². The number of aryl methyl sites for hydroxylation is 2. The first kappa shape index (κ1) is 26.7. The van der Waals surface area contributed by atoms with E-state index < -0.39 is 0 Å². The Kier molecular flexibility index (Phi) is 6.50. The smallest absolute Gasteiger partial charge is 0.198 e. The third-order valence-electron chi connectivity index (χ3n) is 8.45. The van der Waals surface area contributed by atoms with E-state index in [4.69, 9.17) is 9.97 Å². The Balaban J connectivity index is 1.26. The van der Waals surface area contributed by atoms with Crippen molar-refractivity contribution in [1.82, 2.24) is 19.9 Å².